The number of nitrogens with one attached hydrogen (secondary N) is 2. The molecule has 0 spiro atoms. The van der Waals surface area contributed by atoms with Crippen LogP contribution < -0.4 is 10.6 Å². The second kappa shape index (κ2) is 8.09. The highest BCUT2D eigenvalue weighted by Gasteiger charge is 2.23. The molecule has 6 nitrogen and oxygen atoms in total. The molecule has 8 heteroatoms. The van der Waals surface area contributed by atoms with Crippen molar-refractivity contribution in [3.8, 4) is 0 Å². The number of hydrogen-bond acceptors (Lipinski definition) is 4. The van der Waals surface area contributed by atoms with Crippen molar-refractivity contribution < 1.29 is 4.79 Å². The molecule has 0 bridgehead atoms. The first-order chi connectivity index (χ1) is 11.1. The highest BCUT2D eigenvalue weighted by Crippen LogP contribution is 2.25. The lowest BCUT2D eigenvalue weighted by Gasteiger charge is -2.23. The molecular weight excluding hydrogens is 394 g/mol. The molecule has 0 atom stereocenters. The zero-order valence-electron chi connectivity index (χ0n) is 13.7. The van der Waals surface area contributed by atoms with Crippen LogP contribution in [0.4, 0.5) is 5.69 Å². The van der Waals surface area contributed by atoms with E-state index in [-0.39, 0.29) is 18.3 Å². The first kappa shape index (κ1) is 18.9. The molecule has 0 saturated carbocycles. The molecule has 1 aliphatic rings. The number of carbonyl (C=O) groups excluding carboxylic acids is 1. The van der Waals surface area contributed by atoms with E-state index in [9.17, 15) is 4.79 Å². The zero-order valence-corrected chi connectivity index (χ0v) is 16.1. The Balaban J connectivity index is 0.00000208. The molecule has 1 amide bonds. The van der Waals surface area contributed by atoms with Crippen LogP contribution in [0.15, 0.2) is 22.7 Å². The summed E-state index contributed by atoms with van der Waals surface area (Å²) in [5.74, 6) is -0.219. The molecule has 130 valence electrons. The molecule has 2 N–H and O–H groups in total. The first-order valence-corrected chi connectivity index (χ1v) is 8.56. The second-order valence-corrected chi connectivity index (χ2v) is 6.67. The molecule has 0 unspecified atom stereocenters. The van der Waals surface area contributed by atoms with Gasteiger partial charge in [-0.15, -0.1) is 17.5 Å². The van der Waals surface area contributed by atoms with Crippen LogP contribution in [0.5, 0.6) is 0 Å². The number of benzene rings is 1. The maximum atomic E-state index is 12.5. The third-order valence-corrected chi connectivity index (χ3v) is 5.17. The molecule has 2 heterocycles. The molecule has 3 rings (SSSR count). The van der Waals surface area contributed by atoms with Gasteiger partial charge in [0.05, 0.1) is 11.7 Å². The standard InChI is InChI=1S/C16H20BrN5O.ClH/c1-10-13(17)4-3-5-14(10)19-16(23)15-11(2)22(21-20-15)12-6-8-18-9-7-12;/h3-5,12,18H,6-9H2,1-2H3,(H,19,23);1H. The highest BCUT2D eigenvalue weighted by molar-refractivity contribution is 9.10. The number of carbonyl (C=O) groups is 1. The van der Waals surface area contributed by atoms with E-state index in [2.05, 4.69) is 36.9 Å². The lowest BCUT2D eigenvalue weighted by molar-refractivity contribution is 0.102. The van der Waals surface area contributed by atoms with Gasteiger partial charge in [-0.3, -0.25) is 4.79 Å². The smallest absolute Gasteiger partial charge is 0.278 e. The van der Waals surface area contributed by atoms with Gasteiger partial charge in [-0.25, -0.2) is 4.68 Å². The average Bonchev–Trinajstić information content (AvgIpc) is 2.94. The van der Waals surface area contributed by atoms with Gasteiger partial charge in [0.25, 0.3) is 5.91 Å². The molecule has 2 aromatic rings. The Morgan fingerprint density at radius 1 is 1.33 bits per heavy atom. The van der Waals surface area contributed by atoms with Crippen LogP contribution in [0.1, 0.15) is 40.6 Å². The molecule has 1 aromatic heterocycles. The van der Waals surface area contributed by atoms with E-state index in [1.54, 1.807) is 0 Å². The fraction of sp³-hybridized carbons (Fsp3) is 0.438. The average molecular weight is 415 g/mol. The molecule has 24 heavy (non-hydrogen) atoms. The lowest BCUT2D eigenvalue weighted by atomic mass is 10.1. The normalized spacial score (nSPS) is 15.0. The zero-order chi connectivity index (χ0) is 16.4. The fourth-order valence-corrected chi connectivity index (χ4v) is 3.24. The van der Waals surface area contributed by atoms with Crippen LogP contribution in [-0.4, -0.2) is 34.0 Å². The fourth-order valence-electron chi connectivity index (χ4n) is 2.87. The quantitative estimate of drug-likeness (QED) is 0.808. The van der Waals surface area contributed by atoms with Crippen LogP contribution in [0, 0.1) is 13.8 Å². The maximum Gasteiger partial charge on any atom is 0.278 e. The molecule has 0 aliphatic carbocycles. The summed E-state index contributed by atoms with van der Waals surface area (Å²) in [6.07, 6.45) is 2.02. The van der Waals surface area contributed by atoms with Crippen molar-refractivity contribution in [3.05, 3.63) is 39.6 Å². The van der Waals surface area contributed by atoms with Gasteiger partial charge < -0.3 is 10.6 Å². The lowest BCUT2D eigenvalue weighted by Crippen LogP contribution is -2.30. The highest BCUT2D eigenvalue weighted by atomic mass is 79.9. The molecule has 0 radical (unpaired) electrons. The Labute approximate surface area is 155 Å². The molecule has 1 aromatic carbocycles. The second-order valence-electron chi connectivity index (χ2n) is 5.82. The predicted molar refractivity (Wildman–Crippen MR) is 100.0 cm³/mol. The summed E-state index contributed by atoms with van der Waals surface area (Å²) >= 11 is 3.47. The van der Waals surface area contributed by atoms with Gasteiger partial charge in [0.15, 0.2) is 5.69 Å². The van der Waals surface area contributed by atoms with Crippen molar-refractivity contribution in [1.82, 2.24) is 20.3 Å². The first-order valence-electron chi connectivity index (χ1n) is 7.77. The minimum Gasteiger partial charge on any atom is -0.320 e. The molecular formula is C16H21BrClN5O. The van der Waals surface area contributed by atoms with E-state index in [1.165, 1.54) is 0 Å². The summed E-state index contributed by atoms with van der Waals surface area (Å²) < 4.78 is 2.86. The van der Waals surface area contributed by atoms with E-state index in [4.69, 9.17) is 0 Å². The maximum absolute atomic E-state index is 12.5. The largest absolute Gasteiger partial charge is 0.320 e. The number of hydrogen-bond donors (Lipinski definition) is 2. The summed E-state index contributed by atoms with van der Waals surface area (Å²) in [7, 11) is 0. The summed E-state index contributed by atoms with van der Waals surface area (Å²) in [4.78, 5) is 12.5. The number of rotatable bonds is 3. The van der Waals surface area contributed by atoms with Crippen LogP contribution >= 0.6 is 28.3 Å². The number of piperidine rings is 1. The summed E-state index contributed by atoms with van der Waals surface area (Å²) in [5, 5.41) is 14.6. The van der Waals surface area contributed by atoms with E-state index >= 15 is 0 Å². The third kappa shape index (κ3) is 3.79. The SMILES string of the molecule is Cc1c(Br)cccc1NC(=O)c1nnn(C2CCNCC2)c1C.Cl. The van der Waals surface area contributed by atoms with Crippen molar-refractivity contribution in [1.29, 1.82) is 0 Å². The Kier molecular flexibility index (Phi) is 6.37. The molecule has 1 fully saturated rings. The third-order valence-electron chi connectivity index (χ3n) is 4.31. The monoisotopic (exact) mass is 413 g/mol. The van der Waals surface area contributed by atoms with Gasteiger partial charge in [-0.05, 0) is 57.5 Å². The Morgan fingerprint density at radius 2 is 2.04 bits per heavy atom. The van der Waals surface area contributed by atoms with Crippen LogP contribution in [0.3, 0.4) is 0 Å². The predicted octanol–water partition coefficient (Wildman–Crippen LogP) is 3.26. The number of halogens is 2. The Hall–Kier alpha value is -1.44. The summed E-state index contributed by atoms with van der Waals surface area (Å²) in [5.41, 5.74) is 2.98. The topological polar surface area (TPSA) is 71.8 Å². The minimum absolute atomic E-state index is 0. The van der Waals surface area contributed by atoms with Crippen molar-refractivity contribution in [2.75, 3.05) is 18.4 Å². The van der Waals surface area contributed by atoms with Crippen LogP contribution in [-0.2, 0) is 0 Å². The van der Waals surface area contributed by atoms with Crippen molar-refractivity contribution in [2.45, 2.75) is 32.7 Å². The van der Waals surface area contributed by atoms with Gasteiger partial charge in [0.2, 0.25) is 0 Å². The number of aromatic nitrogens is 3. The van der Waals surface area contributed by atoms with Gasteiger partial charge in [-0.2, -0.15) is 0 Å². The Morgan fingerprint density at radius 3 is 2.75 bits per heavy atom. The van der Waals surface area contributed by atoms with E-state index in [0.717, 1.165) is 47.3 Å². The van der Waals surface area contributed by atoms with Crippen LogP contribution in [0.2, 0.25) is 0 Å². The number of amides is 1. The van der Waals surface area contributed by atoms with E-state index in [0.29, 0.717) is 11.7 Å². The van der Waals surface area contributed by atoms with Gasteiger partial charge >= 0.3 is 0 Å². The number of nitrogens with zero attached hydrogens (tertiary/aromatic N) is 3. The van der Waals surface area contributed by atoms with Crippen LogP contribution in [0.25, 0.3) is 0 Å². The van der Waals surface area contributed by atoms with Gasteiger partial charge in [0, 0.05) is 10.2 Å². The summed E-state index contributed by atoms with van der Waals surface area (Å²) in [6.45, 7) is 5.81. The number of anilines is 1. The Bertz CT molecular complexity index is 727. The molecule has 1 aliphatic heterocycles. The van der Waals surface area contributed by atoms with Gasteiger partial charge in [-0.1, -0.05) is 27.2 Å². The van der Waals surface area contributed by atoms with E-state index in [1.807, 2.05) is 36.7 Å². The van der Waals surface area contributed by atoms with Crippen molar-refractivity contribution in [3.63, 3.8) is 0 Å². The van der Waals surface area contributed by atoms with Gasteiger partial charge in [0.1, 0.15) is 0 Å². The van der Waals surface area contributed by atoms with E-state index < -0.39 is 0 Å². The minimum atomic E-state index is -0.219. The van der Waals surface area contributed by atoms with Crippen molar-refractivity contribution in [2.24, 2.45) is 0 Å². The summed E-state index contributed by atoms with van der Waals surface area (Å²) in [6, 6.07) is 6.04. The van der Waals surface area contributed by atoms with Crippen molar-refractivity contribution >= 4 is 39.9 Å². The molecule has 1 saturated heterocycles.